The fourth-order valence-electron chi connectivity index (χ4n) is 4.54. The standard InChI is InChI=1S/C30H20IN4O3P/c31-16-15-21-12-14-24(34-27(21)26-8-1-2-17-32-26)22-6-3-7-23(30(22)38-39(36)37)25-13-11-20-10-9-19-5-4-18-33-28(19)29(20)35-25/h1-18,39H,(H,36,37)/b16-15-. The number of nitrogens with zero attached hydrogens (tertiary/aromatic N) is 4. The Hall–Kier alpha value is -3.98. The lowest BCUT2D eigenvalue weighted by molar-refractivity contribution is 0.411. The average Bonchev–Trinajstić information content (AvgIpc) is 2.97. The quantitative estimate of drug-likeness (QED) is 0.113. The van der Waals surface area contributed by atoms with Crippen LogP contribution >= 0.6 is 30.8 Å². The molecular weight excluding hydrogens is 622 g/mol. The Morgan fingerprint density at radius 3 is 2.18 bits per heavy atom. The summed E-state index contributed by atoms with van der Waals surface area (Å²) in [6, 6.07) is 26.7. The second kappa shape index (κ2) is 11.0. The van der Waals surface area contributed by atoms with Crippen molar-refractivity contribution in [2.24, 2.45) is 0 Å². The van der Waals surface area contributed by atoms with Crippen LogP contribution < -0.4 is 4.52 Å². The van der Waals surface area contributed by atoms with E-state index in [9.17, 15) is 9.46 Å². The van der Waals surface area contributed by atoms with Crippen LogP contribution in [-0.2, 0) is 4.57 Å². The summed E-state index contributed by atoms with van der Waals surface area (Å²) < 4.78 is 19.5. The Labute approximate surface area is 238 Å². The van der Waals surface area contributed by atoms with Crippen LogP contribution in [0.2, 0.25) is 0 Å². The zero-order valence-corrected chi connectivity index (χ0v) is 23.5. The normalized spacial score (nSPS) is 12.3. The number of hydrogen-bond acceptors (Lipinski definition) is 6. The monoisotopic (exact) mass is 642 g/mol. The number of rotatable bonds is 6. The lowest BCUT2D eigenvalue weighted by Crippen LogP contribution is -1.97. The summed E-state index contributed by atoms with van der Waals surface area (Å²) in [7, 11) is -3.34. The second-order valence-corrected chi connectivity index (χ2v) is 10.1. The fraction of sp³-hybridized carbons (Fsp3) is 0. The summed E-state index contributed by atoms with van der Waals surface area (Å²) in [5.41, 5.74) is 6.15. The van der Waals surface area contributed by atoms with Gasteiger partial charge in [0.1, 0.15) is 5.75 Å². The first-order chi connectivity index (χ1) is 19.1. The fourth-order valence-corrected chi connectivity index (χ4v) is 5.32. The average molecular weight is 642 g/mol. The van der Waals surface area contributed by atoms with E-state index in [2.05, 4.69) is 32.6 Å². The molecule has 4 aromatic heterocycles. The summed E-state index contributed by atoms with van der Waals surface area (Å²) >= 11 is 2.17. The highest BCUT2D eigenvalue weighted by Gasteiger charge is 2.19. The smallest absolute Gasteiger partial charge is 0.365 e. The molecule has 0 aliphatic carbocycles. The molecule has 0 bridgehead atoms. The molecule has 0 saturated carbocycles. The van der Waals surface area contributed by atoms with E-state index in [0.29, 0.717) is 33.9 Å². The first-order valence-corrected chi connectivity index (χ1v) is 14.5. The summed E-state index contributed by atoms with van der Waals surface area (Å²) in [6.45, 7) is 0. The SMILES string of the molecule is O=[PH](O)Oc1c(-c2ccc(/C=C\I)c(-c3ccccn3)n2)cccc1-c1ccc2ccc3cccnc3c2n1. The number of pyridine rings is 4. The van der Waals surface area contributed by atoms with Crippen LogP contribution in [0.3, 0.4) is 0 Å². The Morgan fingerprint density at radius 2 is 1.44 bits per heavy atom. The third-order valence-electron chi connectivity index (χ3n) is 6.26. The molecule has 1 atom stereocenters. The molecule has 1 N–H and O–H groups in total. The van der Waals surface area contributed by atoms with E-state index in [1.165, 1.54) is 0 Å². The minimum absolute atomic E-state index is 0.237. The van der Waals surface area contributed by atoms with E-state index in [1.807, 2.05) is 95.1 Å². The highest BCUT2D eigenvalue weighted by atomic mass is 127. The lowest BCUT2D eigenvalue weighted by Gasteiger charge is -2.15. The van der Waals surface area contributed by atoms with Crippen molar-refractivity contribution in [1.82, 2.24) is 19.9 Å². The zero-order valence-electron chi connectivity index (χ0n) is 20.3. The molecule has 9 heteroatoms. The first-order valence-electron chi connectivity index (χ1n) is 12.0. The zero-order chi connectivity index (χ0) is 26.8. The van der Waals surface area contributed by atoms with Crippen LogP contribution in [0.15, 0.2) is 101 Å². The van der Waals surface area contributed by atoms with Gasteiger partial charge in [-0.05, 0) is 52.6 Å². The molecular formula is C30H20IN4O3P. The van der Waals surface area contributed by atoms with Crippen LogP contribution in [0, 0.1) is 0 Å². The lowest BCUT2D eigenvalue weighted by atomic mass is 10.0. The maximum Gasteiger partial charge on any atom is 0.365 e. The number of aromatic nitrogens is 4. The summed E-state index contributed by atoms with van der Waals surface area (Å²) in [6.07, 6.45) is 5.42. The minimum Gasteiger partial charge on any atom is -0.425 e. The van der Waals surface area contributed by atoms with E-state index < -0.39 is 8.25 Å². The number of halogens is 1. The van der Waals surface area contributed by atoms with Gasteiger partial charge >= 0.3 is 8.25 Å². The molecule has 39 heavy (non-hydrogen) atoms. The van der Waals surface area contributed by atoms with Crippen molar-refractivity contribution < 1.29 is 14.0 Å². The number of fused-ring (bicyclic) bond motifs is 3. The van der Waals surface area contributed by atoms with Crippen molar-refractivity contribution in [3.8, 4) is 39.7 Å². The van der Waals surface area contributed by atoms with Gasteiger partial charge in [-0.3, -0.25) is 9.97 Å². The van der Waals surface area contributed by atoms with Crippen molar-refractivity contribution in [2.45, 2.75) is 0 Å². The van der Waals surface area contributed by atoms with E-state index in [-0.39, 0.29) is 5.75 Å². The molecule has 0 fully saturated rings. The van der Waals surface area contributed by atoms with Gasteiger partial charge in [-0.2, -0.15) is 0 Å². The maximum absolute atomic E-state index is 12.0. The first kappa shape index (κ1) is 25.3. The number of hydrogen-bond donors (Lipinski definition) is 1. The van der Waals surface area contributed by atoms with E-state index in [4.69, 9.17) is 14.5 Å². The van der Waals surface area contributed by atoms with Gasteiger partial charge in [-0.15, -0.1) is 0 Å². The predicted octanol–water partition coefficient (Wildman–Crippen LogP) is 7.74. The highest BCUT2D eigenvalue weighted by molar-refractivity contribution is 14.1. The summed E-state index contributed by atoms with van der Waals surface area (Å²) in [5, 5.41) is 1.92. The van der Waals surface area contributed by atoms with Crippen LogP contribution in [0.4, 0.5) is 0 Å². The Balaban J connectivity index is 1.56. The molecule has 6 rings (SSSR count). The largest absolute Gasteiger partial charge is 0.425 e. The van der Waals surface area contributed by atoms with Gasteiger partial charge in [-0.25, -0.2) is 14.5 Å². The Kier molecular flexibility index (Phi) is 7.15. The second-order valence-electron chi connectivity index (χ2n) is 8.60. The van der Waals surface area contributed by atoms with Gasteiger partial charge < -0.3 is 9.42 Å². The predicted molar refractivity (Wildman–Crippen MR) is 164 cm³/mol. The summed E-state index contributed by atoms with van der Waals surface area (Å²) in [5.74, 6) is 0.237. The van der Waals surface area contributed by atoms with Crippen LogP contribution in [0.1, 0.15) is 5.56 Å². The molecule has 0 spiro atoms. The molecule has 0 amide bonds. The van der Waals surface area contributed by atoms with E-state index >= 15 is 0 Å². The third-order valence-corrected chi connectivity index (χ3v) is 7.00. The van der Waals surface area contributed by atoms with Gasteiger partial charge in [0, 0.05) is 39.9 Å². The minimum atomic E-state index is -3.34. The third kappa shape index (κ3) is 5.06. The van der Waals surface area contributed by atoms with Gasteiger partial charge in [-0.1, -0.05) is 65.1 Å². The molecule has 0 aliphatic heterocycles. The van der Waals surface area contributed by atoms with Crippen LogP contribution in [-0.4, -0.2) is 24.8 Å². The van der Waals surface area contributed by atoms with Crippen molar-refractivity contribution in [3.63, 3.8) is 0 Å². The van der Waals surface area contributed by atoms with Gasteiger partial charge in [0.05, 0.1) is 33.8 Å². The molecule has 6 aromatic rings. The molecule has 7 nitrogen and oxygen atoms in total. The number of benzene rings is 2. The van der Waals surface area contributed by atoms with Gasteiger partial charge in [0.2, 0.25) is 0 Å². The van der Waals surface area contributed by atoms with Crippen LogP contribution in [0.5, 0.6) is 5.75 Å². The van der Waals surface area contributed by atoms with Crippen LogP contribution in [0.25, 0.3) is 61.8 Å². The topological polar surface area (TPSA) is 98.1 Å². The molecule has 0 saturated heterocycles. The van der Waals surface area contributed by atoms with Crippen molar-refractivity contribution in [2.75, 3.05) is 0 Å². The van der Waals surface area contributed by atoms with Gasteiger partial charge in [0.25, 0.3) is 0 Å². The van der Waals surface area contributed by atoms with Crippen molar-refractivity contribution >= 4 is 58.7 Å². The van der Waals surface area contributed by atoms with Crippen molar-refractivity contribution in [1.29, 1.82) is 0 Å². The Bertz CT molecular complexity index is 1900. The maximum atomic E-state index is 12.0. The number of para-hydroxylation sites is 1. The molecule has 190 valence electrons. The molecule has 1 unspecified atom stereocenters. The molecule has 0 aliphatic rings. The van der Waals surface area contributed by atoms with E-state index in [1.54, 1.807) is 12.4 Å². The molecule has 4 heterocycles. The molecule has 0 radical (unpaired) electrons. The van der Waals surface area contributed by atoms with Crippen molar-refractivity contribution in [3.05, 3.63) is 107 Å². The summed E-state index contributed by atoms with van der Waals surface area (Å²) in [4.78, 5) is 28.7. The highest BCUT2D eigenvalue weighted by Crippen LogP contribution is 2.42. The van der Waals surface area contributed by atoms with E-state index in [0.717, 1.165) is 27.4 Å². The molecule has 2 aromatic carbocycles. The van der Waals surface area contributed by atoms with Gasteiger partial charge in [0.15, 0.2) is 0 Å². The Morgan fingerprint density at radius 1 is 0.718 bits per heavy atom.